The Bertz CT molecular complexity index is 2170. The highest BCUT2D eigenvalue weighted by molar-refractivity contribution is 7.44. The maximum absolute atomic E-state index is 14.0. The van der Waals surface area contributed by atoms with Gasteiger partial charge < -0.3 is 48.5 Å². The first kappa shape index (κ1) is 50.7. The van der Waals surface area contributed by atoms with Crippen molar-refractivity contribution in [1.29, 1.82) is 0 Å². The van der Waals surface area contributed by atoms with Crippen LogP contribution in [0, 0.1) is 0 Å². The van der Waals surface area contributed by atoms with E-state index in [2.05, 4.69) is 42.7 Å². The summed E-state index contributed by atoms with van der Waals surface area (Å²) in [6, 6.07) is 25.2. The Morgan fingerprint density at radius 3 is 1.98 bits per heavy atom. The fourth-order valence-electron chi connectivity index (χ4n) is 7.65. The van der Waals surface area contributed by atoms with Crippen LogP contribution in [-0.4, -0.2) is 96.9 Å². The number of carbonyl (C=O) groups excluding carboxylic acids is 3. The highest BCUT2D eigenvalue weighted by atomic mass is 31.2. The lowest BCUT2D eigenvalue weighted by Crippen LogP contribution is -2.39. The number of anilines is 1. The predicted molar refractivity (Wildman–Crippen MR) is 244 cm³/mol. The van der Waals surface area contributed by atoms with Crippen molar-refractivity contribution < 1.29 is 51.9 Å². The first-order valence-corrected chi connectivity index (χ1v) is 22.7. The lowest BCUT2D eigenvalue weighted by Gasteiger charge is -2.39. The van der Waals surface area contributed by atoms with E-state index in [0.717, 1.165) is 16.7 Å². The van der Waals surface area contributed by atoms with E-state index in [4.69, 9.17) is 43.2 Å². The zero-order valence-electron chi connectivity index (χ0n) is 38.6. The minimum absolute atomic E-state index is 0.0220. The summed E-state index contributed by atoms with van der Waals surface area (Å²) >= 11 is 0. The number of benzene rings is 3. The Morgan fingerprint density at radius 1 is 0.892 bits per heavy atom. The molecule has 0 bridgehead atoms. The number of nitrogens with zero attached hydrogens (tertiary/aromatic N) is 3. The van der Waals surface area contributed by atoms with E-state index in [1.54, 1.807) is 14.2 Å². The van der Waals surface area contributed by atoms with Gasteiger partial charge in [-0.15, -0.1) is 0 Å². The van der Waals surface area contributed by atoms with Crippen LogP contribution in [0.15, 0.2) is 89.9 Å². The van der Waals surface area contributed by atoms with E-state index < -0.39 is 68.8 Å². The Balaban J connectivity index is 1.67. The highest BCUT2D eigenvalue weighted by Crippen LogP contribution is 2.51. The molecule has 5 rings (SSSR count). The molecular weight excluding hydrogens is 858 g/mol. The van der Waals surface area contributed by atoms with Crippen molar-refractivity contribution in [1.82, 2.24) is 14.2 Å². The fraction of sp³-hybridized carbons (Fsp3) is 0.468. The van der Waals surface area contributed by atoms with Crippen molar-refractivity contribution in [3.8, 4) is 11.5 Å². The second kappa shape index (κ2) is 23.8. The number of amides is 1. The SMILES string of the molecule is COc1ccc(C(OCC2OC(n3cc(C(COC(C)=O)OC(C)=O)c(NC(C)=O)nc3=O)CC2OP(OCCCN)N(C(C)C)C(C)C)(c2ccccc2)c2ccc(OC)cc2)cc1. The van der Waals surface area contributed by atoms with Crippen LogP contribution in [0.1, 0.15) is 95.9 Å². The number of rotatable bonds is 23. The molecule has 352 valence electrons. The zero-order chi connectivity index (χ0) is 47.3. The van der Waals surface area contributed by atoms with Crippen molar-refractivity contribution in [2.45, 2.75) is 104 Å². The minimum atomic E-state index is -1.72. The number of carbonyl (C=O) groups is 3. The largest absolute Gasteiger partial charge is 0.497 e. The third-order valence-corrected chi connectivity index (χ3v) is 12.7. The van der Waals surface area contributed by atoms with Crippen LogP contribution in [0.2, 0.25) is 0 Å². The molecule has 2 heterocycles. The molecule has 1 aromatic heterocycles. The molecule has 3 aromatic carbocycles. The number of esters is 2. The normalized spacial score (nSPS) is 17.2. The quantitative estimate of drug-likeness (QED) is 0.0341. The summed E-state index contributed by atoms with van der Waals surface area (Å²) in [5, 5.41) is 2.55. The zero-order valence-corrected chi connectivity index (χ0v) is 39.4. The summed E-state index contributed by atoms with van der Waals surface area (Å²) in [7, 11) is 1.49. The number of nitrogens with two attached hydrogens (primary N) is 1. The molecule has 1 aliphatic rings. The number of hydrogen-bond donors (Lipinski definition) is 2. The van der Waals surface area contributed by atoms with Gasteiger partial charge in [0.1, 0.15) is 41.9 Å². The molecule has 3 N–H and O–H groups in total. The Kier molecular flexibility index (Phi) is 18.6. The van der Waals surface area contributed by atoms with Crippen LogP contribution in [-0.2, 0) is 48.0 Å². The Hall–Kier alpha value is -5.26. The fourth-order valence-corrected chi connectivity index (χ4v) is 9.45. The second-order valence-electron chi connectivity index (χ2n) is 15.9. The van der Waals surface area contributed by atoms with E-state index in [9.17, 15) is 19.2 Å². The molecule has 1 aliphatic heterocycles. The summed E-state index contributed by atoms with van der Waals surface area (Å²) in [4.78, 5) is 54.9. The molecule has 0 spiro atoms. The summed E-state index contributed by atoms with van der Waals surface area (Å²) in [5.41, 5.74) is 6.39. The van der Waals surface area contributed by atoms with Gasteiger partial charge in [0.2, 0.25) is 5.91 Å². The Labute approximate surface area is 381 Å². The molecule has 65 heavy (non-hydrogen) atoms. The molecule has 4 aromatic rings. The highest BCUT2D eigenvalue weighted by Gasteiger charge is 2.45. The van der Waals surface area contributed by atoms with Crippen molar-refractivity contribution in [3.05, 3.63) is 118 Å². The van der Waals surface area contributed by atoms with E-state index >= 15 is 0 Å². The molecule has 5 unspecified atom stereocenters. The van der Waals surface area contributed by atoms with Gasteiger partial charge in [-0.1, -0.05) is 54.6 Å². The lowest BCUT2D eigenvalue weighted by atomic mass is 9.80. The van der Waals surface area contributed by atoms with Crippen LogP contribution in [0.5, 0.6) is 11.5 Å². The number of ether oxygens (including phenoxy) is 6. The molecule has 0 saturated carbocycles. The van der Waals surface area contributed by atoms with Gasteiger partial charge in [0.15, 0.2) is 6.10 Å². The maximum Gasteiger partial charge on any atom is 0.351 e. The summed E-state index contributed by atoms with van der Waals surface area (Å²) in [6.07, 6.45) is -1.73. The number of aromatic nitrogens is 2. The van der Waals surface area contributed by atoms with Gasteiger partial charge in [-0.25, -0.2) is 9.46 Å². The maximum atomic E-state index is 14.0. The number of methoxy groups -OCH3 is 2. The predicted octanol–water partition coefficient (Wildman–Crippen LogP) is 6.78. The van der Waals surface area contributed by atoms with E-state index in [1.807, 2.05) is 78.9 Å². The van der Waals surface area contributed by atoms with Gasteiger partial charge in [0.25, 0.3) is 8.53 Å². The lowest BCUT2D eigenvalue weighted by molar-refractivity contribution is -0.156. The molecular formula is C47H62N5O12P. The summed E-state index contributed by atoms with van der Waals surface area (Å²) < 4.78 is 53.0. The molecule has 0 radical (unpaired) electrons. The smallest absolute Gasteiger partial charge is 0.351 e. The first-order chi connectivity index (χ1) is 31.1. The van der Waals surface area contributed by atoms with Crippen LogP contribution >= 0.6 is 8.53 Å². The second-order valence-corrected chi connectivity index (χ2v) is 17.3. The van der Waals surface area contributed by atoms with Crippen LogP contribution in [0.4, 0.5) is 5.82 Å². The van der Waals surface area contributed by atoms with E-state index in [-0.39, 0.29) is 36.5 Å². The minimum Gasteiger partial charge on any atom is -0.497 e. The van der Waals surface area contributed by atoms with Crippen molar-refractivity contribution in [3.63, 3.8) is 0 Å². The van der Waals surface area contributed by atoms with Crippen LogP contribution in [0.25, 0.3) is 0 Å². The average Bonchev–Trinajstić information content (AvgIpc) is 3.67. The van der Waals surface area contributed by atoms with Crippen molar-refractivity contribution >= 4 is 32.2 Å². The number of nitrogens with one attached hydrogen (secondary N) is 1. The molecule has 17 nitrogen and oxygen atoms in total. The van der Waals surface area contributed by atoms with Gasteiger partial charge in [0.05, 0.1) is 39.1 Å². The van der Waals surface area contributed by atoms with Crippen LogP contribution < -0.4 is 26.2 Å². The average molecular weight is 920 g/mol. The molecule has 0 aliphatic carbocycles. The number of hydrogen-bond acceptors (Lipinski definition) is 15. The van der Waals surface area contributed by atoms with Gasteiger partial charge in [0, 0.05) is 45.5 Å². The molecule has 18 heteroatoms. The van der Waals surface area contributed by atoms with E-state index in [0.29, 0.717) is 31.1 Å². The van der Waals surface area contributed by atoms with Crippen molar-refractivity contribution in [2.24, 2.45) is 5.73 Å². The third kappa shape index (κ3) is 13.0. The molecule has 1 fully saturated rings. The topological polar surface area (TPSA) is 201 Å². The van der Waals surface area contributed by atoms with E-state index in [1.165, 1.54) is 31.5 Å². The van der Waals surface area contributed by atoms with Gasteiger partial charge in [-0.2, -0.15) is 4.98 Å². The van der Waals surface area contributed by atoms with Crippen LogP contribution in [0.3, 0.4) is 0 Å². The molecule has 1 saturated heterocycles. The summed E-state index contributed by atoms with van der Waals surface area (Å²) in [6.45, 7) is 12.2. The van der Waals surface area contributed by atoms with Crippen molar-refractivity contribution in [2.75, 3.05) is 45.9 Å². The van der Waals surface area contributed by atoms with Gasteiger partial charge >= 0.3 is 17.6 Å². The third-order valence-electron chi connectivity index (χ3n) is 10.5. The monoisotopic (exact) mass is 919 g/mol. The standard InChI is InChI=1S/C47H62N5O12P/c1-30(2)52(31(3)4)65(61-25-13-24-48)64-41-26-44(51-27-40(45(49-32(5)53)50-46(51)56)42(62-34(7)55)28-59-33(6)54)63-43(41)29-60-47(35-14-11-10-12-15-35,36-16-20-38(57-8)21-17-36)37-18-22-39(58-9)23-19-37/h10-12,14-23,27,30-31,41-44H,13,24-26,28-29,48H2,1-9H3,(H,49,50,53,56). The van der Waals surface area contributed by atoms with Gasteiger partial charge in [-0.05, 0) is 81.6 Å². The Morgan fingerprint density at radius 2 is 1.48 bits per heavy atom. The molecule has 5 atom stereocenters. The molecule has 1 amide bonds. The van der Waals surface area contributed by atoms with Gasteiger partial charge in [-0.3, -0.25) is 19.0 Å². The summed E-state index contributed by atoms with van der Waals surface area (Å²) in [5.74, 6) is -0.716. The first-order valence-electron chi connectivity index (χ1n) is 21.5.